The molecule has 0 heterocycles. The quantitative estimate of drug-likeness (QED) is 0.0246. The van der Waals surface area contributed by atoms with Gasteiger partial charge in [-0.25, -0.2) is 4.79 Å². The molecule has 12 nitrogen and oxygen atoms in total. The van der Waals surface area contributed by atoms with E-state index in [1.165, 1.54) is 148 Å². The van der Waals surface area contributed by atoms with Crippen molar-refractivity contribution in [3.63, 3.8) is 0 Å². The molecule has 0 amide bonds. The monoisotopic (exact) mass is 1200 g/mol. The third-order valence-corrected chi connectivity index (χ3v) is 21.3. The molecule has 0 aromatic rings. The SMILES string of the molecule is CCCCCCCCCCCCCCCC(=O)OCC(COC(=O)CCCCCCCCCCCCCCC)OC(=O)CC(C)CCCCCCCC(C)C(=O)OC(C)OC(=O)O[C@@H]1CC[C@@]2(C)[C@@H](CC[C@@H]3[C@@H]2CC[C@]2(C)[C@@H](C(C)=O)CC[C@@H]32)C1. The molecule has 4 rings (SSSR count). The summed E-state index contributed by atoms with van der Waals surface area (Å²) < 4.78 is 33.9. The molecular weight excluding hydrogens is 1070 g/mol. The van der Waals surface area contributed by atoms with Crippen LogP contribution >= 0.6 is 0 Å². The number of rotatable bonds is 48. The second kappa shape index (κ2) is 42.7. The van der Waals surface area contributed by atoms with Gasteiger partial charge in [-0.3, -0.25) is 24.0 Å². The smallest absolute Gasteiger partial charge is 0.462 e. The Balaban J connectivity index is 1.06. The Morgan fingerprint density at radius 2 is 0.929 bits per heavy atom. The van der Waals surface area contributed by atoms with E-state index < -0.39 is 18.5 Å². The lowest BCUT2D eigenvalue weighted by molar-refractivity contribution is -0.175. The van der Waals surface area contributed by atoms with Gasteiger partial charge in [-0.1, -0.05) is 234 Å². The maximum Gasteiger partial charge on any atom is 0.511 e. The van der Waals surface area contributed by atoms with E-state index in [-0.39, 0.29) is 78.2 Å². The van der Waals surface area contributed by atoms with Crippen LogP contribution in [0.2, 0.25) is 0 Å². The Bertz CT molecular complexity index is 1820. The molecule has 85 heavy (non-hydrogen) atoms. The van der Waals surface area contributed by atoms with Crippen molar-refractivity contribution in [3.8, 4) is 0 Å². The molecule has 0 aromatic heterocycles. The highest BCUT2D eigenvalue weighted by molar-refractivity contribution is 5.79. The first-order chi connectivity index (χ1) is 41.0. The highest BCUT2D eigenvalue weighted by Crippen LogP contribution is 2.67. The van der Waals surface area contributed by atoms with Gasteiger partial charge in [0, 0.05) is 32.1 Å². The fourth-order valence-corrected chi connectivity index (χ4v) is 16.0. The topological polar surface area (TPSA) is 158 Å². The van der Waals surface area contributed by atoms with E-state index in [9.17, 15) is 28.8 Å². The van der Waals surface area contributed by atoms with E-state index in [0.29, 0.717) is 48.7 Å². The van der Waals surface area contributed by atoms with Crippen LogP contribution in [0.15, 0.2) is 0 Å². The van der Waals surface area contributed by atoms with E-state index in [2.05, 4.69) is 27.7 Å². The lowest BCUT2D eigenvalue weighted by Gasteiger charge is -2.61. The van der Waals surface area contributed by atoms with E-state index >= 15 is 0 Å². The zero-order valence-corrected chi connectivity index (χ0v) is 55.9. The summed E-state index contributed by atoms with van der Waals surface area (Å²) in [4.78, 5) is 77.3. The Labute approximate surface area is 519 Å². The molecule has 0 aromatic carbocycles. The molecule has 0 saturated heterocycles. The van der Waals surface area contributed by atoms with Gasteiger partial charge in [-0.05, 0) is 124 Å². The number of fused-ring (bicyclic) bond motifs is 5. The third-order valence-electron chi connectivity index (χ3n) is 21.3. The first kappa shape index (κ1) is 74.3. The molecule has 0 bridgehead atoms. The highest BCUT2D eigenvalue weighted by Gasteiger charge is 2.61. The number of ketones is 1. The maximum absolute atomic E-state index is 13.2. The summed E-state index contributed by atoms with van der Waals surface area (Å²) in [6.07, 6.45) is 45.9. The maximum atomic E-state index is 13.2. The van der Waals surface area contributed by atoms with Crippen LogP contribution in [0.1, 0.15) is 344 Å². The van der Waals surface area contributed by atoms with Crippen LogP contribution in [0.4, 0.5) is 4.79 Å². The largest absolute Gasteiger partial charge is 0.511 e. The minimum absolute atomic E-state index is 0.0913. The van der Waals surface area contributed by atoms with E-state index in [0.717, 1.165) is 116 Å². The van der Waals surface area contributed by atoms with Crippen LogP contribution in [0.25, 0.3) is 0 Å². The van der Waals surface area contributed by atoms with Gasteiger partial charge < -0.3 is 28.4 Å². The van der Waals surface area contributed by atoms with E-state index in [1.54, 1.807) is 13.8 Å². The van der Waals surface area contributed by atoms with Crippen LogP contribution in [0, 0.1) is 52.3 Å². The summed E-state index contributed by atoms with van der Waals surface area (Å²) in [5.74, 6) is 1.43. The van der Waals surface area contributed by atoms with Gasteiger partial charge >= 0.3 is 30.0 Å². The minimum atomic E-state index is -1.04. The summed E-state index contributed by atoms with van der Waals surface area (Å²) in [7, 11) is 0. The predicted molar refractivity (Wildman–Crippen MR) is 340 cm³/mol. The second-order valence-corrected chi connectivity index (χ2v) is 28.3. The van der Waals surface area contributed by atoms with Gasteiger partial charge in [-0.15, -0.1) is 0 Å². The number of Topliss-reactive ketones (excluding diaryl/α,β-unsaturated/α-hetero) is 1. The minimum Gasteiger partial charge on any atom is -0.462 e. The van der Waals surface area contributed by atoms with Crippen molar-refractivity contribution < 1.29 is 57.2 Å². The average Bonchev–Trinajstić information content (AvgIpc) is 1.84. The number of unbranched alkanes of at least 4 members (excludes halogenated alkanes) is 28. The number of carbonyl (C=O) groups is 6. The number of esters is 4. The Morgan fingerprint density at radius 3 is 1.44 bits per heavy atom. The summed E-state index contributed by atoms with van der Waals surface area (Å²) >= 11 is 0. The first-order valence-corrected chi connectivity index (χ1v) is 36.1. The van der Waals surface area contributed by atoms with Crippen LogP contribution in [0.3, 0.4) is 0 Å². The lowest BCUT2D eigenvalue weighted by Crippen LogP contribution is -2.54. The summed E-state index contributed by atoms with van der Waals surface area (Å²) in [5.41, 5.74) is 0.373. The summed E-state index contributed by atoms with van der Waals surface area (Å²) in [6, 6.07) is 0. The fourth-order valence-electron chi connectivity index (χ4n) is 16.0. The molecule has 4 saturated carbocycles. The highest BCUT2D eigenvalue weighted by atomic mass is 16.8. The van der Waals surface area contributed by atoms with E-state index in [4.69, 9.17) is 28.4 Å². The van der Waals surface area contributed by atoms with Crippen LogP contribution in [0.5, 0.6) is 0 Å². The molecule has 4 aliphatic carbocycles. The number of ether oxygens (including phenoxy) is 6. The molecule has 0 spiro atoms. The van der Waals surface area contributed by atoms with Gasteiger partial charge in [-0.2, -0.15) is 0 Å². The van der Waals surface area contributed by atoms with E-state index in [1.807, 2.05) is 13.8 Å². The van der Waals surface area contributed by atoms with Crippen molar-refractivity contribution in [2.45, 2.75) is 363 Å². The number of hydrogen-bond acceptors (Lipinski definition) is 12. The summed E-state index contributed by atoms with van der Waals surface area (Å²) in [6.45, 7) is 16.4. The Hall–Kier alpha value is -3.18. The Morgan fingerprint density at radius 1 is 0.471 bits per heavy atom. The molecule has 492 valence electrons. The number of hydrogen-bond donors (Lipinski definition) is 0. The molecule has 0 N–H and O–H groups in total. The van der Waals surface area contributed by atoms with Crippen molar-refractivity contribution >= 4 is 35.8 Å². The van der Waals surface area contributed by atoms with Crippen molar-refractivity contribution in [3.05, 3.63) is 0 Å². The van der Waals surface area contributed by atoms with Gasteiger partial charge in [0.25, 0.3) is 0 Å². The number of carbonyl (C=O) groups excluding carboxylic acids is 6. The van der Waals surface area contributed by atoms with Crippen molar-refractivity contribution in [1.29, 1.82) is 0 Å². The van der Waals surface area contributed by atoms with Gasteiger partial charge in [0.15, 0.2) is 6.10 Å². The molecule has 3 unspecified atom stereocenters. The van der Waals surface area contributed by atoms with Crippen molar-refractivity contribution in [1.82, 2.24) is 0 Å². The van der Waals surface area contributed by atoms with Crippen molar-refractivity contribution in [2.75, 3.05) is 13.2 Å². The van der Waals surface area contributed by atoms with Crippen molar-refractivity contribution in [2.24, 2.45) is 52.3 Å². The molecule has 0 radical (unpaired) electrons. The molecule has 4 aliphatic rings. The zero-order valence-electron chi connectivity index (χ0n) is 55.9. The van der Waals surface area contributed by atoms with Gasteiger partial charge in [0.2, 0.25) is 6.29 Å². The van der Waals surface area contributed by atoms with Gasteiger partial charge in [0.05, 0.1) is 5.92 Å². The molecule has 12 heteroatoms. The van der Waals surface area contributed by atoms with Crippen LogP contribution in [-0.4, -0.2) is 67.5 Å². The van der Waals surface area contributed by atoms with Crippen LogP contribution in [-0.2, 0) is 52.4 Å². The fraction of sp³-hybridized carbons (Fsp3) is 0.918. The third kappa shape index (κ3) is 28.5. The predicted octanol–water partition coefficient (Wildman–Crippen LogP) is 20.0. The second-order valence-electron chi connectivity index (χ2n) is 28.3. The Kier molecular flexibility index (Phi) is 37.3. The molecule has 11 atom stereocenters. The van der Waals surface area contributed by atoms with Crippen LogP contribution < -0.4 is 0 Å². The zero-order chi connectivity index (χ0) is 61.7. The first-order valence-electron chi connectivity index (χ1n) is 36.1. The molecule has 0 aliphatic heterocycles. The standard InChI is InChI=1S/C73H128O12/c1-9-11-13-15-17-19-21-23-25-27-29-34-38-42-67(75)80-54-62(55-81-68(76)43-39-35-30-28-26-24-22-20-18-16-14-12-10-2)84-69(77)52-56(3)40-36-32-31-33-37-41-57(4)70(78)82-59(6)83-71(79)85-61-48-50-72(7)60(53-61)44-45-63-65-47-46-64(58(5)74)73(65,8)51-49-66(63)72/h56-57,59-66H,9-55H2,1-8H3/t56?,57?,59?,60-,61+,63-,64+,65-,66-,72-,73+/m0/s1. The van der Waals surface area contributed by atoms with Gasteiger partial charge in [0.1, 0.15) is 25.1 Å². The summed E-state index contributed by atoms with van der Waals surface area (Å²) in [5, 5.41) is 0. The normalized spacial score (nSPS) is 24.5. The molecular formula is C73H128O12. The lowest BCUT2D eigenvalue weighted by atomic mass is 9.44. The average molecular weight is 1200 g/mol. The molecule has 4 fully saturated rings.